The molecule has 0 aromatic heterocycles. The Kier molecular flexibility index (Phi) is 42.6. The van der Waals surface area contributed by atoms with Crippen LogP contribution in [-0.4, -0.2) is 37.2 Å². The van der Waals surface area contributed by atoms with Crippen molar-refractivity contribution in [2.45, 2.75) is 207 Å². The largest absolute Gasteiger partial charge is 0.462 e. The highest BCUT2D eigenvalue weighted by Gasteiger charge is 2.19. The molecule has 0 rings (SSSR count). The highest BCUT2D eigenvalue weighted by molar-refractivity contribution is 5.71. The third kappa shape index (κ3) is 43.6. The molecular formula is C51H84O6. The van der Waals surface area contributed by atoms with Crippen LogP contribution in [0.2, 0.25) is 0 Å². The molecule has 0 radical (unpaired) electrons. The quantitative estimate of drug-likeness (QED) is 0.0202. The summed E-state index contributed by atoms with van der Waals surface area (Å²) in [6.07, 6.45) is 57.3. The molecule has 0 N–H and O–H groups in total. The van der Waals surface area contributed by atoms with Crippen LogP contribution in [-0.2, 0) is 28.6 Å². The third-order valence-electron chi connectivity index (χ3n) is 9.44. The van der Waals surface area contributed by atoms with Gasteiger partial charge in [-0.1, -0.05) is 189 Å². The molecule has 0 heterocycles. The summed E-state index contributed by atoms with van der Waals surface area (Å²) >= 11 is 0. The zero-order valence-corrected chi connectivity index (χ0v) is 36.8. The predicted molar refractivity (Wildman–Crippen MR) is 242 cm³/mol. The van der Waals surface area contributed by atoms with Gasteiger partial charge in [0.1, 0.15) is 13.2 Å². The van der Waals surface area contributed by atoms with Gasteiger partial charge in [0.25, 0.3) is 0 Å². The number of carbonyl (C=O) groups excluding carboxylic acids is 3. The summed E-state index contributed by atoms with van der Waals surface area (Å²) in [5, 5.41) is 0. The van der Waals surface area contributed by atoms with E-state index < -0.39 is 12.1 Å². The fraction of sp³-hybridized carbons (Fsp3) is 0.667. The molecule has 1 atom stereocenters. The second-order valence-electron chi connectivity index (χ2n) is 15.0. The van der Waals surface area contributed by atoms with Crippen LogP contribution < -0.4 is 0 Å². The van der Waals surface area contributed by atoms with Crippen molar-refractivity contribution in [2.24, 2.45) is 0 Å². The van der Waals surface area contributed by atoms with Gasteiger partial charge < -0.3 is 14.2 Å². The Morgan fingerprint density at radius 1 is 0.386 bits per heavy atom. The van der Waals surface area contributed by atoms with E-state index in [1.54, 1.807) is 0 Å². The van der Waals surface area contributed by atoms with Gasteiger partial charge in [0.2, 0.25) is 0 Å². The number of unbranched alkanes of at least 4 members (excludes halogenated alkanes) is 17. The Hall–Kier alpha value is -3.41. The van der Waals surface area contributed by atoms with Crippen molar-refractivity contribution < 1.29 is 28.6 Å². The fourth-order valence-corrected chi connectivity index (χ4v) is 5.96. The van der Waals surface area contributed by atoms with E-state index in [0.29, 0.717) is 19.3 Å². The van der Waals surface area contributed by atoms with E-state index >= 15 is 0 Å². The zero-order valence-electron chi connectivity index (χ0n) is 36.8. The molecular weight excluding hydrogens is 709 g/mol. The minimum absolute atomic E-state index is 0.128. The van der Waals surface area contributed by atoms with E-state index in [-0.39, 0.29) is 38.0 Å². The average molecular weight is 793 g/mol. The first kappa shape index (κ1) is 53.6. The molecule has 0 amide bonds. The van der Waals surface area contributed by atoms with E-state index in [1.807, 2.05) is 18.2 Å². The number of ether oxygens (including phenoxy) is 3. The highest BCUT2D eigenvalue weighted by Crippen LogP contribution is 2.11. The lowest BCUT2D eigenvalue weighted by Gasteiger charge is -2.18. The van der Waals surface area contributed by atoms with Crippen molar-refractivity contribution >= 4 is 17.9 Å². The Balaban J connectivity index is 4.57. The average Bonchev–Trinajstić information content (AvgIpc) is 3.21. The molecule has 0 aliphatic carbocycles. The molecule has 0 fully saturated rings. The van der Waals surface area contributed by atoms with Gasteiger partial charge in [0.15, 0.2) is 6.10 Å². The van der Waals surface area contributed by atoms with Crippen LogP contribution in [0, 0.1) is 0 Å². The number of esters is 3. The minimum Gasteiger partial charge on any atom is -0.462 e. The second-order valence-corrected chi connectivity index (χ2v) is 15.0. The van der Waals surface area contributed by atoms with Crippen molar-refractivity contribution in [2.75, 3.05) is 13.2 Å². The lowest BCUT2D eigenvalue weighted by Crippen LogP contribution is -2.30. The number of allylic oxidation sites excluding steroid dienone is 14. The topological polar surface area (TPSA) is 78.9 Å². The zero-order chi connectivity index (χ0) is 41.5. The van der Waals surface area contributed by atoms with E-state index in [4.69, 9.17) is 14.2 Å². The van der Waals surface area contributed by atoms with Crippen LogP contribution in [0.4, 0.5) is 0 Å². The lowest BCUT2D eigenvalue weighted by molar-refractivity contribution is -0.166. The molecule has 0 saturated heterocycles. The van der Waals surface area contributed by atoms with Crippen LogP contribution in [0.5, 0.6) is 0 Å². The molecule has 1 unspecified atom stereocenters. The number of hydrogen-bond acceptors (Lipinski definition) is 6. The van der Waals surface area contributed by atoms with Gasteiger partial charge in [-0.05, 0) is 77.0 Å². The monoisotopic (exact) mass is 793 g/mol. The summed E-state index contributed by atoms with van der Waals surface area (Å²) in [6, 6.07) is 0. The molecule has 6 heteroatoms. The van der Waals surface area contributed by atoms with Crippen molar-refractivity contribution in [3.8, 4) is 0 Å². The van der Waals surface area contributed by atoms with E-state index in [9.17, 15) is 14.4 Å². The Morgan fingerprint density at radius 2 is 0.789 bits per heavy atom. The minimum atomic E-state index is -0.836. The first-order valence-electron chi connectivity index (χ1n) is 23.1. The summed E-state index contributed by atoms with van der Waals surface area (Å²) in [5.74, 6) is -1.09. The molecule has 6 nitrogen and oxygen atoms in total. The van der Waals surface area contributed by atoms with Crippen LogP contribution in [0.3, 0.4) is 0 Å². The molecule has 0 aliphatic heterocycles. The highest BCUT2D eigenvalue weighted by atomic mass is 16.6. The van der Waals surface area contributed by atoms with Crippen molar-refractivity contribution in [1.29, 1.82) is 0 Å². The van der Waals surface area contributed by atoms with Gasteiger partial charge in [0, 0.05) is 19.3 Å². The number of rotatable bonds is 40. The maximum Gasteiger partial charge on any atom is 0.306 e. The first-order chi connectivity index (χ1) is 28.0. The molecule has 57 heavy (non-hydrogen) atoms. The van der Waals surface area contributed by atoms with E-state index in [1.165, 1.54) is 77.0 Å². The first-order valence-corrected chi connectivity index (χ1v) is 23.1. The molecule has 0 bridgehead atoms. The normalized spacial score (nSPS) is 12.8. The van der Waals surface area contributed by atoms with Crippen LogP contribution in [0.25, 0.3) is 0 Å². The Bertz CT molecular complexity index is 1140. The molecule has 0 aromatic rings. The van der Waals surface area contributed by atoms with Crippen molar-refractivity contribution in [3.63, 3.8) is 0 Å². The Morgan fingerprint density at radius 3 is 1.30 bits per heavy atom. The van der Waals surface area contributed by atoms with E-state index in [0.717, 1.165) is 70.6 Å². The molecule has 0 aromatic carbocycles. The summed E-state index contributed by atoms with van der Waals surface area (Å²) in [6.45, 7) is 6.34. The maximum atomic E-state index is 12.7. The summed E-state index contributed by atoms with van der Waals surface area (Å²) < 4.78 is 16.6. The Labute approximate surface area is 350 Å². The van der Waals surface area contributed by atoms with Gasteiger partial charge in [-0.2, -0.15) is 0 Å². The number of carbonyl (C=O) groups is 3. The molecule has 0 saturated carbocycles. The predicted octanol–water partition coefficient (Wildman–Crippen LogP) is 14.9. The van der Waals surface area contributed by atoms with Crippen LogP contribution in [0.1, 0.15) is 201 Å². The van der Waals surface area contributed by atoms with Gasteiger partial charge in [-0.3, -0.25) is 14.4 Å². The SMILES string of the molecule is CC/C=C/C=C/C=C/CCCCCCCC(=O)OCC(COC(=O)CC/C=C/C/C=C/CCCCCCCC)OC(=O)CC/C=C/C/C=C/CCCCCCCC. The van der Waals surface area contributed by atoms with Gasteiger partial charge in [-0.15, -0.1) is 0 Å². The van der Waals surface area contributed by atoms with Crippen molar-refractivity contribution in [3.05, 3.63) is 85.1 Å². The molecule has 0 aliphatic rings. The maximum absolute atomic E-state index is 12.7. The summed E-state index contributed by atoms with van der Waals surface area (Å²) in [7, 11) is 0. The number of hydrogen-bond donors (Lipinski definition) is 0. The van der Waals surface area contributed by atoms with Crippen LogP contribution in [0.15, 0.2) is 85.1 Å². The smallest absolute Gasteiger partial charge is 0.306 e. The molecule has 324 valence electrons. The summed E-state index contributed by atoms with van der Waals surface area (Å²) in [5.41, 5.74) is 0. The van der Waals surface area contributed by atoms with Crippen molar-refractivity contribution in [1.82, 2.24) is 0 Å². The summed E-state index contributed by atoms with van der Waals surface area (Å²) in [4.78, 5) is 37.7. The molecule has 0 spiro atoms. The fourth-order valence-electron chi connectivity index (χ4n) is 5.96. The van der Waals surface area contributed by atoms with E-state index in [2.05, 4.69) is 87.6 Å². The van der Waals surface area contributed by atoms with Gasteiger partial charge in [0.05, 0.1) is 0 Å². The lowest BCUT2D eigenvalue weighted by atomic mass is 10.1. The second kappa shape index (κ2) is 45.3. The van der Waals surface area contributed by atoms with Gasteiger partial charge in [-0.25, -0.2) is 0 Å². The standard InChI is InChI=1S/C51H84O6/c1-4-7-10-13-16-19-22-25-28-31-34-37-40-43-49(52)55-46-48(57-51(54)45-42-39-36-33-30-27-24-21-18-15-12-9-6-3)47-56-50(53)44-41-38-35-32-29-26-23-20-17-14-11-8-5-2/h7,10,13,16,19,22,26-27,29-30,35-36,38-39,48H,4-6,8-9,11-12,14-15,17-18,20-21,23-25,28,31-34,37,40-47H2,1-3H3/b10-7+,16-13+,22-19+,29-26+,30-27+,38-35+,39-36+. The van der Waals surface area contributed by atoms with Crippen LogP contribution >= 0.6 is 0 Å². The van der Waals surface area contributed by atoms with Gasteiger partial charge >= 0.3 is 17.9 Å². The third-order valence-corrected chi connectivity index (χ3v) is 9.44.